The van der Waals surface area contributed by atoms with Gasteiger partial charge in [-0.25, -0.2) is 0 Å². The predicted molar refractivity (Wildman–Crippen MR) is 263 cm³/mol. The molecule has 9 rings (SSSR count). The van der Waals surface area contributed by atoms with Gasteiger partial charge in [-0.15, -0.1) is 0 Å². The molecule has 0 saturated heterocycles. The zero-order chi connectivity index (χ0) is 41.8. The molecule has 0 heterocycles. The molecule has 0 bridgehead atoms. The van der Waals surface area contributed by atoms with E-state index in [9.17, 15) is 0 Å². The van der Waals surface area contributed by atoms with Crippen molar-refractivity contribution in [3.8, 4) is 0 Å². The molecule has 9 aliphatic rings. The summed E-state index contributed by atoms with van der Waals surface area (Å²) in [5.41, 5.74) is 0. The summed E-state index contributed by atoms with van der Waals surface area (Å²) in [6.45, 7) is 14.7. The highest BCUT2D eigenvalue weighted by molar-refractivity contribution is 4.88. The molecule has 60 heavy (non-hydrogen) atoms. The molecule has 0 radical (unpaired) electrons. The van der Waals surface area contributed by atoms with E-state index in [4.69, 9.17) is 0 Å². The van der Waals surface area contributed by atoms with Crippen LogP contribution in [0.1, 0.15) is 273 Å². The molecule has 9 fully saturated rings. The minimum Gasteiger partial charge on any atom is -0.0625 e. The highest BCUT2D eigenvalue weighted by Crippen LogP contribution is 2.49. The first-order chi connectivity index (χ1) is 29.2. The normalized spacial score (nSPS) is 47.1. The Labute approximate surface area is 377 Å². The highest BCUT2D eigenvalue weighted by atomic mass is 14.4. The van der Waals surface area contributed by atoms with Crippen LogP contribution in [-0.2, 0) is 0 Å². The first-order valence-electron chi connectivity index (χ1n) is 29.2. The molecule has 0 aromatic heterocycles. The standard InChI is InChI=1S/3C20H36/c3*1-15-3-7-17(8-4-15)19-11-13-20(14-12-19)18-9-5-16(2)6-10-18/h3*15-20H,3-14H2,1-2H3. The van der Waals surface area contributed by atoms with Gasteiger partial charge < -0.3 is 0 Å². The number of hydrogen-bond donors (Lipinski definition) is 0. The summed E-state index contributed by atoms with van der Waals surface area (Å²) in [4.78, 5) is 0. The molecule has 0 unspecified atom stereocenters. The van der Waals surface area contributed by atoms with Gasteiger partial charge in [0.2, 0.25) is 0 Å². The van der Waals surface area contributed by atoms with Crippen molar-refractivity contribution in [3.05, 3.63) is 0 Å². The van der Waals surface area contributed by atoms with Crippen LogP contribution in [0.15, 0.2) is 0 Å². The molecule has 0 nitrogen and oxygen atoms in total. The van der Waals surface area contributed by atoms with Crippen molar-refractivity contribution in [1.82, 2.24) is 0 Å². The quantitative estimate of drug-likeness (QED) is 0.250. The minimum absolute atomic E-state index is 1.02. The van der Waals surface area contributed by atoms with E-state index in [1.165, 1.54) is 77.0 Å². The molecular formula is C60H108. The SMILES string of the molecule is CC1CCC(C2CCC(C3CCC(C)CC3)CC2)CC1.CC1CCC(C2CCC(C3CCC(C)CC3)CC2)CC1.CC1CCC(C2CCC(C3CCC(C)CC3)CC2)CC1. The van der Waals surface area contributed by atoms with Gasteiger partial charge in [-0.1, -0.05) is 119 Å². The maximum atomic E-state index is 2.46. The number of hydrogen-bond acceptors (Lipinski definition) is 0. The third kappa shape index (κ3) is 14.5. The van der Waals surface area contributed by atoms with Crippen LogP contribution in [0.3, 0.4) is 0 Å². The van der Waals surface area contributed by atoms with E-state index >= 15 is 0 Å². The van der Waals surface area contributed by atoms with Gasteiger partial charge >= 0.3 is 0 Å². The Kier molecular flexibility index (Phi) is 19.6. The Bertz CT molecular complexity index is 864. The van der Waals surface area contributed by atoms with Crippen LogP contribution in [0.2, 0.25) is 0 Å². The molecule has 0 amide bonds. The Balaban J connectivity index is 0.000000136. The first-order valence-corrected chi connectivity index (χ1v) is 29.2. The minimum atomic E-state index is 1.02. The fourth-order valence-corrected chi connectivity index (χ4v) is 16.8. The lowest BCUT2D eigenvalue weighted by Crippen LogP contribution is -2.29. The second-order valence-electron chi connectivity index (χ2n) is 26.1. The van der Waals surface area contributed by atoms with Crippen LogP contribution in [0.25, 0.3) is 0 Å². The summed E-state index contributed by atoms with van der Waals surface area (Å²) < 4.78 is 0. The van der Waals surface area contributed by atoms with Crippen LogP contribution >= 0.6 is 0 Å². The molecule has 0 aliphatic heterocycles. The Morgan fingerprint density at radius 2 is 0.183 bits per heavy atom. The van der Waals surface area contributed by atoms with E-state index < -0.39 is 0 Å². The maximum Gasteiger partial charge on any atom is -0.0386 e. The molecule has 0 spiro atoms. The lowest BCUT2D eigenvalue weighted by molar-refractivity contribution is 0.108. The van der Waals surface area contributed by atoms with Crippen LogP contribution in [-0.4, -0.2) is 0 Å². The largest absolute Gasteiger partial charge is 0.0625 e. The van der Waals surface area contributed by atoms with Gasteiger partial charge in [0.15, 0.2) is 0 Å². The average Bonchev–Trinajstić information content (AvgIpc) is 3.29. The second-order valence-corrected chi connectivity index (χ2v) is 26.1. The fourth-order valence-electron chi connectivity index (χ4n) is 16.8. The van der Waals surface area contributed by atoms with Crippen LogP contribution in [0, 0.1) is 107 Å². The van der Waals surface area contributed by atoms with Crippen molar-refractivity contribution in [2.45, 2.75) is 273 Å². The van der Waals surface area contributed by atoms with Crippen molar-refractivity contribution in [1.29, 1.82) is 0 Å². The molecule has 0 atom stereocenters. The molecule has 348 valence electrons. The van der Waals surface area contributed by atoms with Gasteiger partial charge in [-0.3, -0.25) is 0 Å². The van der Waals surface area contributed by atoms with Gasteiger partial charge in [0, 0.05) is 0 Å². The molecular weight excluding hydrogens is 721 g/mol. The molecule has 9 saturated carbocycles. The smallest absolute Gasteiger partial charge is 0.0386 e. The summed E-state index contributed by atoms with van der Waals surface area (Å²) in [6, 6.07) is 0. The van der Waals surface area contributed by atoms with Crippen molar-refractivity contribution in [2.75, 3.05) is 0 Å². The van der Waals surface area contributed by atoms with Crippen molar-refractivity contribution < 1.29 is 0 Å². The zero-order valence-electron chi connectivity index (χ0n) is 41.8. The van der Waals surface area contributed by atoms with E-state index in [0.717, 1.165) is 107 Å². The monoisotopic (exact) mass is 829 g/mol. The third-order valence-corrected chi connectivity index (χ3v) is 21.8. The van der Waals surface area contributed by atoms with Crippen LogP contribution < -0.4 is 0 Å². The molecule has 9 aliphatic carbocycles. The van der Waals surface area contributed by atoms with Gasteiger partial charge in [-0.05, 0) is 261 Å². The molecule has 0 aromatic rings. The average molecular weight is 830 g/mol. The Morgan fingerprint density at radius 1 is 0.117 bits per heavy atom. The van der Waals surface area contributed by atoms with Crippen molar-refractivity contribution in [3.63, 3.8) is 0 Å². The first kappa shape index (κ1) is 47.9. The van der Waals surface area contributed by atoms with Crippen LogP contribution in [0.5, 0.6) is 0 Å². The summed E-state index contributed by atoms with van der Waals surface area (Å²) >= 11 is 0. The molecule has 0 aromatic carbocycles. The van der Waals surface area contributed by atoms with E-state index in [1.54, 1.807) is 154 Å². The van der Waals surface area contributed by atoms with Gasteiger partial charge in [-0.2, -0.15) is 0 Å². The topological polar surface area (TPSA) is 0 Å². The summed E-state index contributed by atoms with van der Waals surface area (Å²) in [5.74, 6) is 19.5. The van der Waals surface area contributed by atoms with Gasteiger partial charge in [0.05, 0.1) is 0 Å². The maximum absolute atomic E-state index is 2.46. The third-order valence-electron chi connectivity index (χ3n) is 21.8. The van der Waals surface area contributed by atoms with Crippen molar-refractivity contribution in [2.24, 2.45) is 107 Å². The summed E-state index contributed by atoms with van der Waals surface area (Å²) in [5, 5.41) is 0. The lowest BCUT2D eigenvalue weighted by atomic mass is 9.65. The van der Waals surface area contributed by atoms with E-state index in [0.29, 0.717) is 0 Å². The molecule has 0 N–H and O–H groups in total. The summed E-state index contributed by atoms with van der Waals surface area (Å²) in [6.07, 6.45) is 55.8. The molecule has 0 heteroatoms. The number of rotatable bonds is 6. The predicted octanol–water partition coefficient (Wildman–Crippen LogP) is 19.3. The van der Waals surface area contributed by atoms with E-state index in [1.807, 2.05) is 0 Å². The second kappa shape index (κ2) is 24.5. The fraction of sp³-hybridized carbons (Fsp3) is 1.00. The Hall–Kier alpha value is 0. The Morgan fingerprint density at radius 3 is 0.267 bits per heavy atom. The van der Waals surface area contributed by atoms with Crippen molar-refractivity contribution >= 4 is 0 Å². The van der Waals surface area contributed by atoms with E-state index in [2.05, 4.69) is 41.5 Å². The zero-order valence-corrected chi connectivity index (χ0v) is 41.8. The lowest BCUT2D eigenvalue weighted by Gasteiger charge is -2.41. The highest BCUT2D eigenvalue weighted by Gasteiger charge is 2.37. The van der Waals surface area contributed by atoms with Gasteiger partial charge in [0.25, 0.3) is 0 Å². The van der Waals surface area contributed by atoms with Crippen LogP contribution in [0.4, 0.5) is 0 Å². The summed E-state index contributed by atoms with van der Waals surface area (Å²) in [7, 11) is 0. The van der Waals surface area contributed by atoms with Gasteiger partial charge in [0.1, 0.15) is 0 Å². The van der Waals surface area contributed by atoms with E-state index in [-0.39, 0.29) is 0 Å².